The van der Waals surface area contributed by atoms with Crippen molar-refractivity contribution < 1.29 is 10.2 Å². The quantitative estimate of drug-likeness (QED) is 0.636. The van der Waals surface area contributed by atoms with Crippen molar-refractivity contribution >= 4 is 0 Å². The normalized spacial score (nSPS) is 37.3. The second-order valence-electron chi connectivity index (χ2n) is 6.00. The molecular formula is C15H26O2. The summed E-state index contributed by atoms with van der Waals surface area (Å²) in [6.07, 6.45) is 6.80. The molecule has 1 rings (SSSR count). The molecule has 0 saturated carbocycles. The summed E-state index contributed by atoms with van der Waals surface area (Å²) in [7, 11) is 0. The van der Waals surface area contributed by atoms with Crippen molar-refractivity contribution in [3.05, 3.63) is 23.3 Å². The van der Waals surface area contributed by atoms with Gasteiger partial charge in [0.05, 0.1) is 12.2 Å². The molecule has 17 heavy (non-hydrogen) atoms. The van der Waals surface area contributed by atoms with E-state index in [1.807, 2.05) is 13.0 Å². The van der Waals surface area contributed by atoms with E-state index in [1.54, 1.807) is 0 Å². The maximum atomic E-state index is 10.2. The fraction of sp³-hybridized carbons (Fsp3) is 0.733. The Morgan fingerprint density at radius 3 is 2.53 bits per heavy atom. The van der Waals surface area contributed by atoms with Gasteiger partial charge in [-0.2, -0.15) is 0 Å². The molecule has 2 N–H and O–H groups in total. The molecule has 2 atom stereocenters. The van der Waals surface area contributed by atoms with Crippen LogP contribution in [0.25, 0.3) is 0 Å². The first kappa shape index (κ1) is 14.5. The highest BCUT2D eigenvalue weighted by atomic mass is 16.3. The molecule has 1 aliphatic carbocycles. The topological polar surface area (TPSA) is 40.5 Å². The average Bonchev–Trinajstić information content (AvgIpc) is 2.25. The van der Waals surface area contributed by atoms with E-state index < -0.39 is 12.2 Å². The van der Waals surface area contributed by atoms with Crippen molar-refractivity contribution in [3.8, 4) is 0 Å². The van der Waals surface area contributed by atoms with Crippen molar-refractivity contribution in [2.24, 2.45) is 5.41 Å². The summed E-state index contributed by atoms with van der Waals surface area (Å²) < 4.78 is 0. The lowest BCUT2D eigenvalue weighted by molar-refractivity contribution is 0.0797. The van der Waals surface area contributed by atoms with Crippen molar-refractivity contribution in [1.82, 2.24) is 0 Å². The summed E-state index contributed by atoms with van der Waals surface area (Å²) in [5.74, 6) is 0. The molecule has 0 aromatic carbocycles. The lowest BCUT2D eigenvalue weighted by Gasteiger charge is -2.29. The van der Waals surface area contributed by atoms with Crippen LogP contribution in [0.15, 0.2) is 23.3 Å². The van der Waals surface area contributed by atoms with Crippen LogP contribution in [-0.2, 0) is 0 Å². The zero-order chi connectivity index (χ0) is 13.1. The second kappa shape index (κ2) is 5.83. The summed E-state index contributed by atoms with van der Waals surface area (Å²) >= 11 is 0. The van der Waals surface area contributed by atoms with Gasteiger partial charge in [-0.3, -0.25) is 0 Å². The molecular weight excluding hydrogens is 212 g/mol. The average molecular weight is 238 g/mol. The first-order chi connectivity index (χ1) is 7.83. The number of aliphatic hydroxyl groups is 2. The molecule has 0 unspecified atom stereocenters. The first-order valence-corrected chi connectivity index (χ1v) is 6.53. The van der Waals surface area contributed by atoms with Gasteiger partial charge in [0.25, 0.3) is 0 Å². The second-order valence-corrected chi connectivity index (χ2v) is 6.00. The zero-order valence-electron chi connectivity index (χ0n) is 11.5. The van der Waals surface area contributed by atoms with Crippen molar-refractivity contribution in [3.63, 3.8) is 0 Å². The molecule has 98 valence electrons. The minimum absolute atomic E-state index is 0.119. The third-order valence-electron chi connectivity index (χ3n) is 3.83. The predicted octanol–water partition coefficient (Wildman–Crippen LogP) is 3.20. The molecule has 0 amide bonds. The molecule has 0 aliphatic heterocycles. The Labute approximate surface area is 105 Å². The number of allylic oxidation sites excluding steroid dienone is 1. The van der Waals surface area contributed by atoms with E-state index in [4.69, 9.17) is 0 Å². The SMILES string of the molecule is C/C1=C\C[C@@H](O)/C(C)=C/[C@@H](O)C(C)(C)CCC1. The van der Waals surface area contributed by atoms with Crippen LogP contribution in [0.1, 0.15) is 53.4 Å². The Balaban J connectivity index is 2.92. The molecule has 0 aromatic heterocycles. The van der Waals surface area contributed by atoms with Gasteiger partial charge in [-0.25, -0.2) is 0 Å². The highest BCUT2D eigenvalue weighted by Crippen LogP contribution is 2.31. The van der Waals surface area contributed by atoms with Crippen LogP contribution in [0.2, 0.25) is 0 Å². The fourth-order valence-electron chi connectivity index (χ4n) is 2.16. The van der Waals surface area contributed by atoms with Gasteiger partial charge in [0.15, 0.2) is 0 Å². The number of rotatable bonds is 0. The molecule has 0 fully saturated rings. The largest absolute Gasteiger partial charge is 0.388 e. The predicted molar refractivity (Wildman–Crippen MR) is 71.8 cm³/mol. The van der Waals surface area contributed by atoms with E-state index in [0.29, 0.717) is 6.42 Å². The summed E-state index contributed by atoms with van der Waals surface area (Å²) in [5.41, 5.74) is 2.09. The van der Waals surface area contributed by atoms with Crippen LogP contribution in [0, 0.1) is 5.41 Å². The zero-order valence-corrected chi connectivity index (χ0v) is 11.5. The van der Waals surface area contributed by atoms with Crippen LogP contribution in [-0.4, -0.2) is 22.4 Å². The van der Waals surface area contributed by atoms with Crippen molar-refractivity contribution in [2.45, 2.75) is 65.6 Å². The van der Waals surface area contributed by atoms with Crippen molar-refractivity contribution in [2.75, 3.05) is 0 Å². The van der Waals surface area contributed by atoms with Crippen molar-refractivity contribution in [1.29, 1.82) is 0 Å². The first-order valence-electron chi connectivity index (χ1n) is 6.53. The Kier molecular flexibility index (Phi) is 4.96. The molecule has 2 nitrogen and oxygen atoms in total. The van der Waals surface area contributed by atoms with Gasteiger partial charge in [0.1, 0.15) is 0 Å². The van der Waals surface area contributed by atoms with E-state index in [9.17, 15) is 10.2 Å². The third-order valence-corrected chi connectivity index (χ3v) is 3.83. The van der Waals surface area contributed by atoms with E-state index in [1.165, 1.54) is 5.57 Å². The van der Waals surface area contributed by atoms with Crippen LogP contribution in [0.3, 0.4) is 0 Å². The molecule has 0 radical (unpaired) electrons. The Morgan fingerprint density at radius 2 is 1.88 bits per heavy atom. The summed E-state index contributed by atoms with van der Waals surface area (Å²) in [4.78, 5) is 0. The molecule has 1 aliphatic rings. The Morgan fingerprint density at radius 1 is 1.24 bits per heavy atom. The van der Waals surface area contributed by atoms with Crippen LogP contribution in [0.4, 0.5) is 0 Å². The number of hydrogen-bond acceptors (Lipinski definition) is 2. The highest BCUT2D eigenvalue weighted by Gasteiger charge is 2.26. The minimum atomic E-state index is -0.476. The summed E-state index contributed by atoms with van der Waals surface area (Å²) in [5, 5.41) is 20.2. The lowest BCUT2D eigenvalue weighted by atomic mass is 9.80. The third kappa shape index (κ3) is 4.29. The summed E-state index contributed by atoms with van der Waals surface area (Å²) in [6, 6.07) is 0. The maximum absolute atomic E-state index is 10.2. The Bertz CT molecular complexity index is 313. The lowest BCUT2D eigenvalue weighted by Crippen LogP contribution is -2.28. The molecule has 0 spiro atoms. The van der Waals surface area contributed by atoms with Gasteiger partial charge >= 0.3 is 0 Å². The van der Waals surface area contributed by atoms with E-state index in [-0.39, 0.29) is 5.41 Å². The Hall–Kier alpha value is -0.600. The van der Waals surface area contributed by atoms with E-state index in [2.05, 4.69) is 26.8 Å². The molecule has 0 aromatic rings. The smallest absolute Gasteiger partial charge is 0.0782 e. The van der Waals surface area contributed by atoms with E-state index in [0.717, 1.165) is 24.8 Å². The number of hydrogen-bond donors (Lipinski definition) is 2. The minimum Gasteiger partial charge on any atom is -0.388 e. The summed E-state index contributed by atoms with van der Waals surface area (Å²) in [6.45, 7) is 8.19. The molecule has 0 saturated heterocycles. The van der Waals surface area contributed by atoms with Crippen LogP contribution < -0.4 is 0 Å². The van der Waals surface area contributed by atoms with E-state index >= 15 is 0 Å². The van der Waals surface area contributed by atoms with Crippen LogP contribution in [0.5, 0.6) is 0 Å². The highest BCUT2D eigenvalue weighted by molar-refractivity contribution is 5.13. The van der Waals surface area contributed by atoms with Gasteiger partial charge in [0, 0.05) is 0 Å². The number of aliphatic hydroxyl groups excluding tert-OH is 2. The van der Waals surface area contributed by atoms with Gasteiger partial charge in [-0.05, 0) is 50.5 Å². The van der Waals surface area contributed by atoms with Gasteiger partial charge in [-0.15, -0.1) is 0 Å². The molecule has 2 heteroatoms. The fourth-order valence-corrected chi connectivity index (χ4v) is 2.16. The van der Waals surface area contributed by atoms with Gasteiger partial charge in [0.2, 0.25) is 0 Å². The standard InChI is InChI=1S/C15H26O2/c1-11-6-5-9-15(3,4)14(17)10-12(2)13(16)8-7-11/h7,10,13-14,16-17H,5-6,8-9H2,1-4H3/b11-7+,12-10+/t13-,14-/m1/s1. The molecule has 0 bridgehead atoms. The molecule has 0 heterocycles. The van der Waals surface area contributed by atoms with Gasteiger partial charge in [-0.1, -0.05) is 31.6 Å². The van der Waals surface area contributed by atoms with Gasteiger partial charge < -0.3 is 10.2 Å². The van der Waals surface area contributed by atoms with Crippen LogP contribution >= 0.6 is 0 Å². The monoisotopic (exact) mass is 238 g/mol. The maximum Gasteiger partial charge on any atom is 0.0782 e.